The Kier molecular flexibility index (Phi) is 8.96. The summed E-state index contributed by atoms with van der Waals surface area (Å²) in [6, 6.07) is 6.00. The number of nitrogens with two attached hydrogens (primary N) is 2. The van der Waals surface area contributed by atoms with Gasteiger partial charge in [0.15, 0.2) is 11.5 Å². The van der Waals surface area contributed by atoms with Crippen LogP contribution in [0.3, 0.4) is 0 Å². The molecule has 50 heavy (non-hydrogen) atoms. The van der Waals surface area contributed by atoms with Crippen LogP contribution in [0.25, 0.3) is 34.7 Å². The van der Waals surface area contributed by atoms with Crippen LogP contribution in [0.15, 0.2) is 50.8 Å². The first-order chi connectivity index (χ1) is 23.6. The number of hydrogen-bond donors (Lipinski definition) is 3. The molecule has 1 fully saturated rings. The lowest BCUT2D eigenvalue weighted by molar-refractivity contribution is -0.151. The minimum absolute atomic E-state index is 0.0122. The molecule has 6 aromatic rings. The van der Waals surface area contributed by atoms with Gasteiger partial charge in [0, 0.05) is 32.4 Å². The molecular formula is C26H28F3N15O5S. The minimum atomic E-state index is -4.25. The highest BCUT2D eigenvalue weighted by molar-refractivity contribution is 7.90. The second-order valence-corrected chi connectivity index (χ2v) is 12.8. The highest BCUT2D eigenvalue weighted by Crippen LogP contribution is 2.20. The van der Waals surface area contributed by atoms with Gasteiger partial charge in [0.25, 0.3) is 16.7 Å². The summed E-state index contributed by atoms with van der Waals surface area (Å²) in [5, 5.41) is 10.7. The molecule has 0 bridgehead atoms. The molecule has 1 aliphatic heterocycles. The van der Waals surface area contributed by atoms with Gasteiger partial charge in [-0.15, -0.1) is 10.2 Å². The van der Waals surface area contributed by atoms with Crippen LogP contribution in [0.1, 0.15) is 6.92 Å². The standard InChI is InChI=1S/C17H20F3N9O2.C9H8N6O3S/c1-10(13(30)28-6-4-27(5-7-28)9-17(18,19)20)22-15-24-14(21)29-16(25-15)23-12(26-29)11-3-2-8-31-11;1-19(16,17)9-12-7(10)15-8(13-9)11-6(14-15)5-3-2-4-18-5/h2-3,8,10H,4-7,9H2,1H3,(H3,21,22,23,24,25,26);2-4H,1H3,(H2,10,11,12,13,14). The molecule has 7 heterocycles. The molecule has 1 atom stereocenters. The number of alkyl halides is 3. The number of aromatic nitrogens is 10. The van der Waals surface area contributed by atoms with E-state index in [-0.39, 0.29) is 73.1 Å². The van der Waals surface area contributed by atoms with E-state index in [9.17, 15) is 26.4 Å². The predicted octanol–water partition coefficient (Wildman–Crippen LogP) is 0.633. The Bertz CT molecular complexity index is 2230. The fourth-order valence-electron chi connectivity index (χ4n) is 4.75. The second kappa shape index (κ2) is 13.2. The van der Waals surface area contributed by atoms with Crippen molar-refractivity contribution in [2.75, 3.05) is 55.8 Å². The number of carbonyl (C=O) groups is 1. The monoisotopic (exact) mass is 719 g/mol. The maximum absolute atomic E-state index is 12.7. The molecule has 0 saturated carbocycles. The SMILES string of the molecule is CC(Nc1nc(N)n2nc(-c3ccco3)nc2n1)C(=O)N1CCN(CC(F)(F)F)CC1.CS(=O)(=O)c1nc(N)n2nc(-c3ccco3)nc2n1. The number of fused-ring (bicyclic) bond motifs is 2. The number of sulfone groups is 1. The number of piperazine rings is 1. The van der Waals surface area contributed by atoms with Gasteiger partial charge in [-0.05, 0) is 31.2 Å². The van der Waals surface area contributed by atoms with E-state index in [1.165, 1.54) is 26.8 Å². The molecular weight excluding hydrogens is 691 g/mol. The molecule has 0 spiro atoms. The average Bonchev–Trinajstić information content (AvgIpc) is 3.86. The van der Waals surface area contributed by atoms with Crippen molar-refractivity contribution < 1.29 is 35.2 Å². The molecule has 20 nitrogen and oxygen atoms in total. The van der Waals surface area contributed by atoms with E-state index in [0.717, 1.165) is 10.8 Å². The molecule has 1 amide bonds. The van der Waals surface area contributed by atoms with Gasteiger partial charge in [0.2, 0.25) is 45.2 Å². The molecule has 0 aromatic carbocycles. The van der Waals surface area contributed by atoms with Crippen molar-refractivity contribution in [1.29, 1.82) is 0 Å². The largest absolute Gasteiger partial charge is 0.461 e. The Morgan fingerprint density at radius 2 is 1.42 bits per heavy atom. The van der Waals surface area contributed by atoms with Crippen LogP contribution in [0.4, 0.5) is 31.0 Å². The normalized spacial score (nSPS) is 14.9. The van der Waals surface area contributed by atoms with Crippen molar-refractivity contribution in [2.24, 2.45) is 0 Å². The van der Waals surface area contributed by atoms with Gasteiger partial charge in [0.1, 0.15) is 6.04 Å². The Morgan fingerprint density at radius 1 is 0.880 bits per heavy atom. The maximum atomic E-state index is 12.7. The molecule has 0 aliphatic carbocycles. The van der Waals surface area contributed by atoms with Crippen molar-refractivity contribution in [2.45, 2.75) is 24.3 Å². The minimum Gasteiger partial charge on any atom is -0.461 e. The number of halogens is 3. The molecule has 6 aromatic heterocycles. The topological polar surface area (TPSA) is 260 Å². The summed E-state index contributed by atoms with van der Waals surface area (Å²) in [7, 11) is -3.57. The Balaban J connectivity index is 0.000000194. The van der Waals surface area contributed by atoms with E-state index in [2.05, 4.69) is 45.4 Å². The molecule has 1 saturated heterocycles. The number of nitrogen functional groups attached to an aromatic ring is 2. The van der Waals surface area contributed by atoms with Crippen molar-refractivity contribution in [1.82, 2.24) is 58.9 Å². The number of nitrogens with zero attached hydrogens (tertiary/aromatic N) is 12. The zero-order valence-corrected chi connectivity index (χ0v) is 27.0. The predicted molar refractivity (Wildman–Crippen MR) is 167 cm³/mol. The third-order valence-corrected chi connectivity index (χ3v) is 7.91. The first-order valence-corrected chi connectivity index (χ1v) is 16.5. The third kappa shape index (κ3) is 7.54. The molecule has 7 rings (SSSR count). The smallest absolute Gasteiger partial charge is 0.401 e. The number of amides is 1. The number of carbonyl (C=O) groups excluding carboxylic acids is 1. The molecule has 1 aliphatic rings. The van der Waals surface area contributed by atoms with Gasteiger partial charge in [-0.3, -0.25) is 9.69 Å². The van der Waals surface area contributed by atoms with E-state index >= 15 is 0 Å². The van der Waals surface area contributed by atoms with Crippen LogP contribution < -0.4 is 16.8 Å². The first-order valence-electron chi connectivity index (χ1n) is 14.6. The number of furan rings is 2. The molecule has 24 heteroatoms. The highest BCUT2D eigenvalue weighted by atomic mass is 32.2. The van der Waals surface area contributed by atoms with Crippen LogP contribution in [0, 0.1) is 0 Å². The Morgan fingerprint density at radius 3 is 1.92 bits per heavy atom. The average molecular weight is 720 g/mol. The van der Waals surface area contributed by atoms with Crippen LogP contribution in [0.2, 0.25) is 0 Å². The number of nitrogens with one attached hydrogen (secondary N) is 1. The Labute approximate surface area is 279 Å². The fourth-order valence-corrected chi connectivity index (χ4v) is 5.26. The zero-order valence-electron chi connectivity index (χ0n) is 26.2. The summed E-state index contributed by atoms with van der Waals surface area (Å²) in [4.78, 5) is 39.6. The van der Waals surface area contributed by atoms with Gasteiger partial charge < -0.3 is 30.5 Å². The quantitative estimate of drug-likeness (QED) is 0.204. The van der Waals surface area contributed by atoms with E-state index in [4.69, 9.17) is 20.3 Å². The van der Waals surface area contributed by atoms with Gasteiger partial charge in [-0.25, -0.2) is 8.42 Å². The maximum Gasteiger partial charge on any atom is 0.401 e. The van der Waals surface area contributed by atoms with Gasteiger partial charge in [-0.1, -0.05) is 0 Å². The van der Waals surface area contributed by atoms with E-state index < -0.39 is 33.8 Å². The third-order valence-electron chi connectivity index (χ3n) is 7.06. The van der Waals surface area contributed by atoms with Crippen LogP contribution in [0.5, 0.6) is 0 Å². The van der Waals surface area contributed by atoms with Crippen molar-refractivity contribution in [3.63, 3.8) is 0 Å². The summed E-state index contributed by atoms with van der Waals surface area (Å²) in [6.07, 6.45) is -0.311. The number of rotatable bonds is 7. The summed E-state index contributed by atoms with van der Waals surface area (Å²) in [5.74, 6) is 1.31. The summed E-state index contributed by atoms with van der Waals surface area (Å²) < 4.78 is 73.2. The van der Waals surface area contributed by atoms with Crippen LogP contribution in [-0.2, 0) is 14.6 Å². The Hall–Kier alpha value is -5.91. The van der Waals surface area contributed by atoms with Gasteiger partial charge >= 0.3 is 6.18 Å². The number of hydrogen-bond acceptors (Lipinski definition) is 17. The zero-order chi connectivity index (χ0) is 35.8. The molecule has 264 valence electrons. The lowest BCUT2D eigenvalue weighted by Gasteiger charge is -2.36. The summed E-state index contributed by atoms with van der Waals surface area (Å²) in [5.41, 5.74) is 11.6. The lowest BCUT2D eigenvalue weighted by atomic mass is 10.2. The second-order valence-electron chi connectivity index (χ2n) is 10.9. The van der Waals surface area contributed by atoms with Crippen LogP contribution >= 0.6 is 0 Å². The molecule has 1 unspecified atom stereocenters. The number of anilines is 3. The van der Waals surface area contributed by atoms with Gasteiger partial charge in [-0.2, -0.15) is 52.1 Å². The lowest BCUT2D eigenvalue weighted by Crippen LogP contribution is -2.53. The summed E-state index contributed by atoms with van der Waals surface area (Å²) >= 11 is 0. The van der Waals surface area contributed by atoms with Crippen molar-refractivity contribution in [3.8, 4) is 23.2 Å². The van der Waals surface area contributed by atoms with E-state index in [1.54, 1.807) is 31.2 Å². The summed E-state index contributed by atoms with van der Waals surface area (Å²) in [6.45, 7) is 1.37. The highest BCUT2D eigenvalue weighted by Gasteiger charge is 2.33. The van der Waals surface area contributed by atoms with Gasteiger partial charge in [0.05, 0.1) is 19.1 Å². The molecule has 0 radical (unpaired) electrons. The van der Waals surface area contributed by atoms with E-state index in [0.29, 0.717) is 11.5 Å². The molecule has 5 N–H and O–H groups in total. The van der Waals surface area contributed by atoms with E-state index in [1.807, 2.05) is 0 Å². The van der Waals surface area contributed by atoms with Crippen molar-refractivity contribution in [3.05, 3.63) is 36.8 Å². The van der Waals surface area contributed by atoms with Crippen molar-refractivity contribution >= 4 is 45.1 Å². The van der Waals surface area contributed by atoms with Crippen LogP contribution in [-0.4, -0.2) is 124 Å². The fraction of sp³-hybridized carbons (Fsp3) is 0.346. The first kappa shape index (κ1) is 34.0.